The highest BCUT2D eigenvalue weighted by Gasteiger charge is 2.20. The van der Waals surface area contributed by atoms with Gasteiger partial charge < -0.3 is 19.2 Å². The zero-order valence-corrected chi connectivity index (χ0v) is 14.5. The molecule has 1 N–H and O–H groups in total. The van der Waals surface area contributed by atoms with E-state index in [0.717, 1.165) is 0 Å². The van der Waals surface area contributed by atoms with Crippen molar-refractivity contribution in [2.24, 2.45) is 0 Å². The molecule has 7 heteroatoms. The molecule has 1 aromatic heterocycles. The van der Waals surface area contributed by atoms with E-state index in [1.54, 1.807) is 13.0 Å². The summed E-state index contributed by atoms with van der Waals surface area (Å²) in [7, 11) is 2.95. The Bertz CT molecular complexity index is 967. The Morgan fingerprint density at radius 2 is 1.88 bits per heavy atom. The number of hydrogen-bond donors (Lipinski definition) is 1. The van der Waals surface area contributed by atoms with Crippen molar-refractivity contribution < 1.29 is 23.1 Å². The van der Waals surface area contributed by atoms with Gasteiger partial charge in [0.2, 0.25) is 0 Å². The molecule has 0 aliphatic rings. The summed E-state index contributed by atoms with van der Waals surface area (Å²) in [4.78, 5) is 12.6. The van der Waals surface area contributed by atoms with Gasteiger partial charge in [-0.15, -0.1) is 0 Å². The van der Waals surface area contributed by atoms with Gasteiger partial charge in [-0.25, -0.2) is 4.39 Å². The van der Waals surface area contributed by atoms with Crippen LogP contribution in [0.2, 0.25) is 5.02 Å². The van der Waals surface area contributed by atoms with Crippen molar-refractivity contribution >= 4 is 34.2 Å². The van der Waals surface area contributed by atoms with Crippen LogP contribution in [0.3, 0.4) is 0 Å². The topological polar surface area (TPSA) is 60.7 Å². The largest absolute Gasteiger partial charge is 0.495 e. The van der Waals surface area contributed by atoms with Gasteiger partial charge in [0.25, 0.3) is 5.91 Å². The molecule has 3 rings (SSSR count). The number of anilines is 1. The quantitative estimate of drug-likeness (QED) is 0.723. The summed E-state index contributed by atoms with van der Waals surface area (Å²) in [5.74, 6) is 0.0107. The lowest BCUT2D eigenvalue weighted by Crippen LogP contribution is -2.13. The zero-order chi connectivity index (χ0) is 18.1. The minimum atomic E-state index is -0.492. The number of methoxy groups -OCH3 is 2. The van der Waals surface area contributed by atoms with Crippen LogP contribution in [0.25, 0.3) is 11.0 Å². The van der Waals surface area contributed by atoms with E-state index >= 15 is 0 Å². The number of nitrogens with one attached hydrogen (secondary N) is 1. The van der Waals surface area contributed by atoms with Crippen LogP contribution < -0.4 is 14.8 Å². The summed E-state index contributed by atoms with van der Waals surface area (Å²) in [6.45, 7) is 1.69. The Morgan fingerprint density at radius 1 is 1.16 bits per heavy atom. The standard InChI is InChI=1S/C18H15ClFNO4/c1-9-11-6-10(20)4-5-14(11)25-17(9)18(22)21-13-7-12(19)15(23-2)8-16(13)24-3/h4-8H,1-3H3,(H,21,22). The summed E-state index contributed by atoms with van der Waals surface area (Å²) >= 11 is 6.10. The van der Waals surface area contributed by atoms with Crippen LogP contribution in [-0.2, 0) is 0 Å². The minimum absolute atomic E-state index is 0.0922. The first-order valence-corrected chi connectivity index (χ1v) is 7.74. The van der Waals surface area contributed by atoms with Gasteiger partial charge in [0, 0.05) is 17.0 Å². The molecule has 3 aromatic rings. The number of rotatable bonds is 4. The van der Waals surface area contributed by atoms with Gasteiger partial charge >= 0.3 is 0 Å². The molecular formula is C18H15ClFNO4. The number of benzene rings is 2. The third-order valence-corrected chi connectivity index (χ3v) is 4.12. The molecular weight excluding hydrogens is 349 g/mol. The van der Waals surface area contributed by atoms with Crippen molar-refractivity contribution in [2.75, 3.05) is 19.5 Å². The molecule has 1 amide bonds. The maximum absolute atomic E-state index is 13.4. The highest BCUT2D eigenvalue weighted by Crippen LogP contribution is 2.36. The first-order valence-electron chi connectivity index (χ1n) is 7.36. The molecule has 0 aliphatic heterocycles. The van der Waals surface area contributed by atoms with Gasteiger partial charge in [0.15, 0.2) is 5.76 Å². The van der Waals surface area contributed by atoms with Crippen molar-refractivity contribution in [3.63, 3.8) is 0 Å². The lowest BCUT2D eigenvalue weighted by Gasteiger charge is -2.12. The van der Waals surface area contributed by atoms with Crippen LogP contribution in [0.5, 0.6) is 11.5 Å². The Balaban J connectivity index is 1.98. The summed E-state index contributed by atoms with van der Waals surface area (Å²) in [6.07, 6.45) is 0. The van der Waals surface area contributed by atoms with Crippen LogP contribution in [0.1, 0.15) is 16.1 Å². The van der Waals surface area contributed by atoms with E-state index in [-0.39, 0.29) is 5.76 Å². The van der Waals surface area contributed by atoms with Crippen LogP contribution >= 0.6 is 11.6 Å². The number of amides is 1. The molecule has 2 aromatic carbocycles. The second kappa shape index (κ2) is 6.64. The highest BCUT2D eigenvalue weighted by molar-refractivity contribution is 6.32. The van der Waals surface area contributed by atoms with Gasteiger partial charge in [-0.2, -0.15) is 0 Å². The second-order valence-electron chi connectivity index (χ2n) is 5.34. The normalized spacial score (nSPS) is 10.8. The minimum Gasteiger partial charge on any atom is -0.495 e. The third-order valence-electron chi connectivity index (χ3n) is 3.83. The summed E-state index contributed by atoms with van der Waals surface area (Å²) in [6, 6.07) is 7.18. The van der Waals surface area contributed by atoms with Gasteiger partial charge in [-0.3, -0.25) is 4.79 Å². The average molecular weight is 364 g/mol. The van der Waals surface area contributed by atoms with E-state index in [0.29, 0.717) is 38.7 Å². The predicted molar refractivity (Wildman–Crippen MR) is 93.4 cm³/mol. The fourth-order valence-electron chi connectivity index (χ4n) is 2.55. The molecule has 0 saturated heterocycles. The van der Waals surface area contributed by atoms with Crippen LogP contribution in [0.15, 0.2) is 34.7 Å². The van der Waals surface area contributed by atoms with Crippen LogP contribution in [-0.4, -0.2) is 20.1 Å². The number of halogens is 2. The Kier molecular flexibility index (Phi) is 4.55. The lowest BCUT2D eigenvalue weighted by atomic mass is 10.1. The lowest BCUT2D eigenvalue weighted by molar-refractivity contribution is 0.0997. The molecule has 0 spiro atoms. The molecule has 0 saturated carbocycles. The average Bonchev–Trinajstić information content (AvgIpc) is 2.92. The molecule has 0 radical (unpaired) electrons. The summed E-state index contributed by atoms with van der Waals surface area (Å²) < 4.78 is 29.3. The number of ether oxygens (including phenoxy) is 2. The number of aryl methyl sites for hydroxylation is 1. The van der Waals surface area contributed by atoms with E-state index < -0.39 is 11.7 Å². The van der Waals surface area contributed by atoms with Gasteiger partial charge in [0.05, 0.1) is 24.9 Å². The number of furan rings is 1. The molecule has 0 aliphatic carbocycles. The molecule has 0 unspecified atom stereocenters. The Hall–Kier alpha value is -2.73. The molecule has 130 valence electrons. The molecule has 0 fully saturated rings. The van der Waals surface area contributed by atoms with Crippen LogP contribution in [0, 0.1) is 12.7 Å². The predicted octanol–water partition coefficient (Wildman–Crippen LogP) is 4.80. The Labute approximate surface area is 148 Å². The summed E-state index contributed by atoms with van der Waals surface area (Å²) in [5, 5.41) is 3.56. The molecule has 0 bridgehead atoms. The fraction of sp³-hybridized carbons (Fsp3) is 0.167. The number of hydrogen-bond acceptors (Lipinski definition) is 4. The molecule has 1 heterocycles. The number of carbonyl (C=O) groups is 1. The fourth-order valence-corrected chi connectivity index (χ4v) is 2.79. The smallest absolute Gasteiger partial charge is 0.291 e. The second-order valence-corrected chi connectivity index (χ2v) is 5.75. The third kappa shape index (κ3) is 3.13. The van der Waals surface area contributed by atoms with Gasteiger partial charge in [-0.1, -0.05) is 11.6 Å². The Morgan fingerprint density at radius 3 is 2.56 bits per heavy atom. The van der Waals surface area contributed by atoms with Crippen LogP contribution in [0.4, 0.5) is 10.1 Å². The van der Waals surface area contributed by atoms with Gasteiger partial charge in [0.1, 0.15) is 22.9 Å². The zero-order valence-electron chi connectivity index (χ0n) is 13.8. The SMILES string of the molecule is COc1cc(OC)c(NC(=O)c2oc3ccc(F)cc3c2C)cc1Cl. The van der Waals surface area contributed by atoms with Crippen molar-refractivity contribution in [3.05, 3.63) is 52.5 Å². The molecule has 5 nitrogen and oxygen atoms in total. The molecule has 25 heavy (non-hydrogen) atoms. The maximum Gasteiger partial charge on any atom is 0.291 e. The highest BCUT2D eigenvalue weighted by atomic mass is 35.5. The maximum atomic E-state index is 13.4. The first kappa shape index (κ1) is 17.1. The van der Waals surface area contributed by atoms with E-state index in [1.165, 1.54) is 38.5 Å². The number of carbonyl (C=O) groups excluding carboxylic acids is 1. The van der Waals surface area contributed by atoms with E-state index in [9.17, 15) is 9.18 Å². The number of fused-ring (bicyclic) bond motifs is 1. The summed E-state index contributed by atoms with van der Waals surface area (Å²) in [5.41, 5.74) is 1.35. The first-order chi connectivity index (χ1) is 11.9. The van der Waals surface area contributed by atoms with Crippen molar-refractivity contribution in [1.82, 2.24) is 0 Å². The monoisotopic (exact) mass is 363 g/mol. The van der Waals surface area contributed by atoms with Crippen molar-refractivity contribution in [3.8, 4) is 11.5 Å². The van der Waals surface area contributed by atoms with Gasteiger partial charge in [-0.05, 0) is 31.2 Å². The van der Waals surface area contributed by atoms with Crippen molar-refractivity contribution in [1.29, 1.82) is 0 Å². The molecule has 0 atom stereocenters. The van der Waals surface area contributed by atoms with E-state index in [2.05, 4.69) is 5.32 Å². The van der Waals surface area contributed by atoms with E-state index in [4.69, 9.17) is 25.5 Å². The van der Waals surface area contributed by atoms with E-state index in [1.807, 2.05) is 0 Å². The van der Waals surface area contributed by atoms with Crippen molar-refractivity contribution in [2.45, 2.75) is 6.92 Å².